The lowest BCUT2D eigenvalue weighted by atomic mass is 10.2. The van der Waals surface area contributed by atoms with Crippen LogP contribution < -0.4 is 5.32 Å². The Kier molecular flexibility index (Phi) is 5.25. The Morgan fingerprint density at radius 1 is 1.56 bits per heavy atom. The van der Waals surface area contributed by atoms with E-state index < -0.39 is 10.8 Å². The topological polar surface area (TPSA) is 49.3 Å². The van der Waals surface area contributed by atoms with E-state index in [4.69, 9.17) is 11.6 Å². The molecule has 0 spiro atoms. The summed E-state index contributed by atoms with van der Waals surface area (Å²) in [5.74, 6) is 0.722. The summed E-state index contributed by atoms with van der Waals surface area (Å²) in [6.07, 6.45) is 1.69. The SMILES string of the molecule is CC(CS(C)=O)NCc1ccc(O)c(Cl)c1. The highest BCUT2D eigenvalue weighted by molar-refractivity contribution is 7.84. The molecule has 0 aromatic heterocycles. The summed E-state index contributed by atoms with van der Waals surface area (Å²) < 4.78 is 11.0. The number of rotatable bonds is 5. The highest BCUT2D eigenvalue weighted by Gasteiger charge is 2.05. The molecule has 1 aromatic rings. The highest BCUT2D eigenvalue weighted by atomic mass is 35.5. The first-order valence-corrected chi connectivity index (χ1v) is 7.10. The van der Waals surface area contributed by atoms with Crippen LogP contribution in [0.4, 0.5) is 0 Å². The maximum Gasteiger partial charge on any atom is 0.134 e. The normalized spacial score (nSPS) is 14.7. The molecule has 0 fully saturated rings. The first-order valence-electron chi connectivity index (χ1n) is 5.00. The zero-order valence-electron chi connectivity index (χ0n) is 9.37. The molecule has 5 heteroatoms. The van der Waals surface area contributed by atoms with Gasteiger partial charge in [-0.2, -0.15) is 0 Å². The molecule has 0 aliphatic carbocycles. The van der Waals surface area contributed by atoms with Gasteiger partial charge in [-0.3, -0.25) is 4.21 Å². The van der Waals surface area contributed by atoms with E-state index in [0.29, 0.717) is 17.3 Å². The quantitative estimate of drug-likeness (QED) is 0.851. The highest BCUT2D eigenvalue weighted by Crippen LogP contribution is 2.23. The van der Waals surface area contributed by atoms with Gasteiger partial charge in [-0.05, 0) is 24.6 Å². The maximum atomic E-state index is 11.0. The molecule has 2 N–H and O–H groups in total. The average Bonchev–Trinajstić information content (AvgIpc) is 2.19. The van der Waals surface area contributed by atoms with Gasteiger partial charge >= 0.3 is 0 Å². The number of halogens is 1. The number of hydrogen-bond donors (Lipinski definition) is 2. The van der Waals surface area contributed by atoms with Crippen molar-refractivity contribution in [2.24, 2.45) is 0 Å². The minimum atomic E-state index is -0.790. The molecule has 1 rings (SSSR count). The van der Waals surface area contributed by atoms with Gasteiger partial charge in [0.15, 0.2) is 0 Å². The average molecular weight is 262 g/mol. The predicted octanol–water partition coefficient (Wildman–Crippen LogP) is 1.90. The van der Waals surface area contributed by atoms with Crippen LogP contribution in [0.15, 0.2) is 18.2 Å². The zero-order valence-corrected chi connectivity index (χ0v) is 10.9. The van der Waals surface area contributed by atoms with Crippen molar-refractivity contribution >= 4 is 22.4 Å². The van der Waals surface area contributed by atoms with E-state index in [0.717, 1.165) is 5.56 Å². The lowest BCUT2D eigenvalue weighted by Crippen LogP contribution is -2.30. The minimum Gasteiger partial charge on any atom is -0.506 e. The van der Waals surface area contributed by atoms with Crippen LogP contribution in [-0.2, 0) is 17.3 Å². The molecule has 90 valence electrons. The van der Waals surface area contributed by atoms with Crippen molar-refractivity contribution in [1.82, 2.24) is 5.32 Å². The molecule has 0 bridgehead atoms. The van der Waals surface area contributed by atoms with Crippen molar-refractivity contribution in [2.45, 2.75) is 19.5 Å². The Hall–Kier alpha value is -0.580. The van der Waals surface area contributed by atoms with Crippen LogP contribution in [0.3, 0.4) is 0 Å². The molecule has 0 aliphatic heterocycles. The monoisotopic (exact) mass is 261 g/mol. The Morgan fingerprint density at radius 2 is 2.25 bits per heavy atom. The first kappa shape index (κ1) is 13.5. The third kappa shape index (κ3) is 4.51. The fourth-order valence-electron chi connectivity index (χ4n) is 1.36. The Labute approximate surface area is 103 Å². The van der Waals surface area contributed by atoms with Gasteiger partial charge in [-0.1, -0.05) is 17.7 Å². The summed E-state index contributed by atoms with van der Waals surface area (Å²) in [7, 11) is -0.790. The largest absolute Gasteiger partial charge is 0.506 e. The molecule has 0 aliphatic rings. The second-order valence-corrected chi connectivity index (χ2v) is 5.69. The van der Waals surface area contributed by atoms with Crippen LogP contribution in [0.5, 0.6) is 5.75 Å². The Balaban J connectivity index is 2.48. The second-order valence-electron chi connectivity index (χ2n) is 3.81. The van der Waals surface area contributed by atoms with E-state index in [9.17, 15) is 9.32 Å². The number of benzene rings is 1. The summed E-state index contributed by atoms with van der Waals surface area (Å²) in [6, 6.07) is 5.30. The van der Waals surface area contributed by atoms with Crippen LogP contribution in [0.2, 0.25) is 5.02 Å². The van der Waals surface area contributed by atoms with Crippen LogP contribution >= 0.6 is 11.6 Å². The summed E-state index contributed by atoms with van der Waals surface area (Å²) in [5, 5.41) is 12.8. The smallest absolute Gasteiger partial charge is 0.134 e. The second kappa shape index (κ2) is 6.23. The zero-order chi connectivity index (χ0) is 12.1. The molecule has 0 saturated heterocycles. The summed E-state index contributed by atoms with van der Waals surface area (Å²) in [4.78, 5) is 0. The number of nitrogens with one attached hydrogen (secondary N) is 1. The van der Waals surface area contributed by atoms with Crippen molar-refractivity contribution in [3.63, 3.8) is 0 Å². The van der Waals surface area contributed by atoms with Gasteiger partial charge in [0.2, 0.25) is 0 Å². The van der Waals surface area contributed by atoms with Gasteiger partial charge in [-0.15, -0.1) is 0 Å². The number of phenolic OH excluding ortho intramolecular Hbond substituents is 1. The molecule has 1 aromatic carbocycles. The molecular formula is C11H16ClNO2S. The molecule has 0 saturated carbocycles. The van der Waals surface area contributed by atoms with Crippen molar-refractivity contribution in [1.29, 1.82) is 0 Å². The van der Waals surface area contributed by atoms with Gasteiger partial charge in [0.05, 0.1) is 5.02 Å². The summed E-state index contributed by atoms with van der Waals surface area (Å²) in [6.45, 7) is 2.64. The molecule has 0 heterocycles. The van der Waals surface area contributed by atoms with E-state index in [1.165, 1.54) is 0 Å². The molecule has 2 unspecified atom stereocenters. The summed E-state index contributed by atoms with van der Waals surface area (Å²) >= 11 is 5.79. The molecule has 16 heavy (non-hydrogen) atoms. The number of hydrogen-bond acceptors (Lipinski definition) is 3. The van der Waals surface area contributed by atoms with Crippen LogP contribution in [0.1, 0.15) is 12.5 Å². The van der Waals surface area contributed by atoms with Gasteiger partial charge in [-0.25, -0.2) is 0 Å². The van der Waals surface area contributed by atoms with E-state index in [1.54, 1.807) is 18.4 Å². The molecular weight excluding hydrogens is 246 g/mol. The fraction of sp³-hybridized carbons (Fsp3) is 0.455. The standard InChI is InChI=1S/C11H16ClNO2S/c1-8(7-16(2)15)13-6-9-3-4-11(14)10(12)5-9/h3-5,8,13-14H,6-7H2,1-2H3. The van der Waals surface area contributed by atoms with Crippen LogP contribution in [-0.4, -0.2) is 27.4 Å². The third-order valence-corrected chi connectivity index (χ3v) is 3.42. The van der Waals surface area contributed by atoms with E-state index in [2.05, 4.69) is 5.32 Å². The van der Waals surface area contributed by atoms with Gasteiger partial charge in [0.1, 0.15) is 5.75 Å². The Bertz CT molecular complexity index is 384. The molecule has 2 atom stereocenters. The molecule has 0 amide bonds. The van der Waals surface area contributed by atoms with Crippen molar-refractivity contribution in [3.05, 3.63) is 28.8 Å². The van der Waals surface area contributed by atoms with E-state index in [-0.39, 0.29) is 11.8 Å². The minimum absolute atomic E-state index is 0.0909. The van der Waals surface area contributed by atoms with Crippen molar-refractivity contribution in [2.75, 3.05) is 12.0 Å². The van der Waals surface area contributed by atoms with Crippen molar-refractivity contribution < 1.29 is 9.32 Å². The fourth-order valence-corrected chi connectivity index (χ4v) is 2.39. The molecule has 0 radical (unpaired) electrons. The predicted molar refractivity (Wildman–Crippen MR) is 68.4 cm³/mol. The number of aromatic hydroxyl groups is 1. The van der Waals surface area contributed by atoms with Gasteiger partial charge < -0.3 is 10.4 Å². The van der Waals surface area contributed by atoms with E-state index >= 15 is 0 Å². The molecule has 3 nitrogen and oxygen atoms in total. The van der Waals surface area contributed by atoms with Crippen LogP contribution in [0.25, 0.3) is 0 Å². The first-order chi connectivity index (χ1) is 7.49. The lowest BCUT2D eigenvalue weighted by molar-refractivity contribution is 0.475. The summed E-state index contributed by atoms with van der Waals surface area (Å²) in [5.41, 5.74) is 0.997. The lowest BCUT2D eigenvalue weighted by Gasteiger charge is -2.12. The Morgan fingerprint density at radius 3 is 2.81 bits per heavy atom. The van der Waals surface area contributed by atoms with Crippen LogP contribution in [0, 0.1) is 0 Å². The third-order valence-electron chi connectivity index (χ3n) is 2.15. The van der Waals surface area contributed by atoms with Crippen molar-refractivity contribution in [3.8, 4) is 5.75 Å². The number of phenols is 1. The van der Waals surface area contributed by atoms with Gasteiger partial charge in [0, 0.05) is 35.4 Å². The van der Waals surface area contributed by atoms with E-state index in [1.807, 2.05) is 13.0 Å². The van der Waals surface area contributed by atoms with Gasteiger partial charge in [0.25, 0.3) is 0 Å². The maximum absolute atomic E-state index is 11.0.